The third kappa shape index (κ3) is 3.16. The van der Waals surface area contributed by atoms with Crippen LogP contribution in [0.25, 0.3) is 0 Å². The molecule has 19 heavy (non-hydrogen) atoms. The molecule has 2 N–H and O–H groups in total. The monoisotopic (exact) mass is 280 g/mol. The van der Waals surface area contributed by atoms with Crippen molar-refractivity contribution in [3.8, 4) is 0 Å². The van der Waals surface area contributed by atoms with Gasteiger partial charge in [0.15, 0.2) is 0 Å². The second kappa shape index (κ2) is 5.87. The van der Waals surface area contributed by atoms with Crippen LogP contribution in [0.3, 0.4) is 0 Å². The molecule has 0 aromatic carbocycles. The highest BCUT2D eigenvalue weighted by Crippen LogP contribution is 2.23. The molecule has 2 fully saturated rings. The van der Waals surface area contributed by atoms with Crippen molar-refractivity contribution in [2.45, 2.75) is 44.8 Å². The van der Waals surface area contributed by atoms with Crippen LogP contribution in [-0.4, -0.2) is 47.0 Å². The van der Waals surface area contributed by atoms with E-state index < -0.39 is 0 Å². The molecule has 0 saturated carbocycles. The zero-order valence-corrected chi connectivity index (χ0v) is 12.5. The van der Waals surface area contributed by atoms with Gasteiger partial charge in [-0.15, -0.1) is 11.3 Å². The molecule has 1 aromatic rings. The first-order chi connectivity index (χ1) is 9.22. The molecule has 1 aromatic heterocycles. The summed E-state index contributed by atoms with van der Waals surface area (Å²) in [5.41, 5.74) is 7.08. The highest BCUT2D eigenvalue weighted by atomic mass is 32.1. The summed E-state index contributed by atoms with van der Waals surface area (Å²) in [6.45, 7) is 8.01. The fraction of sp³-hybridized carbons (Fsp3) is 0.786. The number of rotatable bonds is 3. The maximum Gasteiger partial charge on any atom is 0.109 e. The molecule has 0 spiro atoms. The predicted octanol–water partition coefficient (Wildman–Crippen LogP) is 1.83. The Hall–Kier alpha value is -0.490. The van der Waals surface area contributed by atoms with Gasteiger partial charge in [-0.05, 0) is 45.8 Å². The maximum absolute atomic E-state index is 5.88. The number of nitrogens with two attached hydrogens (primary N) is 1. The number of nitrogens with zero attached hydrogens (tertiary/aromatic N) is 3. The van der Waals surface area contributed by atoms with E-state index in [-0.39, 0.29) is 6.04 Å². The molecule has 2 saturated heterocycles. The molecule has 2 unspecified atom stereocenters. The SMILES string of the molecule is CC(N)c1nc(CN2CCCN3CCCC3C2)cs1. The molecular weight excluding hydrogens is 256 g/mol. The molecule has 0 radical (unpaired) electrons. The zero-order valence-electron chi connectivity index (χ0n) is 11.7. The van der Waals surface area contributed by atoms with Gasteiger partial charge in [0, 0.05) is 24.5 Å². The van der Waals surface area contributed by atoms with Crippen molar-refractivity contribution in [2.75, 3.05) is 26.2 Å². The van der Waals surface area contributed by atoms with Gasteiger partial charge in [-0.3, -0.25) is 9.80 Å². The van der Waals surface area contributed by atoms with E-state index in [1.807, 2.05) is 6.92 Å². The van der Waals surface area contributed by atoms with Crippen molar-refractivity contribution >= 4 is 11.3 Å². The lowest BCUT2D eigenvalue weighted by Crippen LogP contribution is -2.36. The van der Waals surface area contributed by atoms with Gasteiger partial charge in [0.25, 0.3) is 0 Å². The van der Waals surface area contributed by atoms with E-state index in [2.05, 4.69) is 20.2 Å². The number of fused-ring (bicyclic) bond motifs is 1. The first-order valence-corrected chi connectivity index (χ1v) is 8.26. The van der Waals surface area contributed by atoms with E-state index in [1.54, 1.807) is 11.3 Å². The Balaban J connectivity index is 1.61. The maximum atomic E-state index is 5.88. The Morgan fingerprint density at radius 2 is 2.26 bits per heavy atom. The van der Waals surface area contributed by atoms with Crippen LogP contribution in [0.1, 0.15) is 42.9 Å². The van der Waals surface area contributed by atoms with Crippen LogP contribution in [0.15, 0.2) is 5.38 Å². The summed E-state index contributed by atoms with van der Waals surface area (Å²) in [5.74, 6) is 0. The van der Waals surface area contributed by atoms with Crippen LogP contribution < -0.4 is 5.73 Å². The molecule has 0 aliphatic carbocycles. The second-order valence-electron chi connectivity index (χ2n) is 5.89. The molecule has 0 bridgehead atoms. The summed E-state index contributed by atoms with van der Waals surface area (Å²) < 4.78 is 0. The third-order valence-corrected chi connectivity index (χ3v) is 5.33. The van der Waals surface area contributed by atoms with Gasteiger partial charge < -0.3 is 5.73 Å². The van der Waals surface area contributed by atoms with E-state index in [1.165, 1.54) is 51.1 Å². The largest absolute Gasteiger partial charge is 0.322 e. The van der Waals surface area contributed by atoms with Crippen LogP contribution in [0.4, 0.5) is 0 Å². The van der Waals surface area contributed by atoms with Gasteiger partial charge in [-0.1, -0.05) is 0 Å². The normalized spacial score (nSPS) is 27.2. The molecule has 4 nitrogen and oxygen atoms in total. The van der Waals surface area contributed by atoms with Crippen LogP contribution in [-0.2, 0) is 6.54 Å². The summed E-state index contributed by atoms with van der Waals surface area (Å²) in [5, 5.41) is 3.24. The van der Waals surface area contributed by atoms with E-state index in [0.29, 0.717) is 0 Å². The topological polar surface area (TPSA) is 45.4 Å². The molecular formula is C14H24N4S. The molecule has 3 heterocycles. The van der Waals surface area contributed by atoms with Gasteiger partial charge >= 0.3 is 0 Å². The summed E-state index contributed by atoms with van der Waals surface area (Å²) >= 11 is 1.70. The Labute approximate surface area is 119 Å². The fourth-order valence-electron chi connectivity index (χ4n) is 3.26. The van der Waals surface area contributed by atoms with Crippen LogP contribution in [0.2, 0.25) is 0 Å². The molecule has 2 atom stereocenters. The van der Waals surface area contributed by atoms with Crippen molar-refractivity contribution in [3.05, 3.63) is 16.1 Å². The first-order valence-electron chi connectivity index (χ1n) is 7.38. The molecule has 2 aliphatic rings. The smallest absolute Gasteiger partial charge is 0.109 e. The Morgan fingerprint density at radius 1 is 1.42 bits per heavy atom. The molecule has 106 valence electrons. The number of aromatic nitrogens is 1. The van der Waals surface area contributed by atoms with E-state index in [9.17, 15) is 0 Å². The quantitative estimate of drug-likeness (QED) is 0.917. The zero-order chi connectivity index (χ0) is 13.2. The van der Waals surface area contributed by atoms with E-state index in [4.69, 9.17) is 5.73 Å². The van der Waals surface area contributed by atoms with Crippen molar-refractivity contribution in [2.24, 2.45) is 5.73 Å². The molecule has 2 aliphatic heterocycles. The predicted molar refractivity (Wildman–Crippen MR) is 79.2 cm³/mol. The van der Waals surface area contributed by atoms with Crippen molar-refractivity contribution in [3.63, 3.8) is 0 Å². The van der Waals surface area contributed by atoms with Crippen molar-refractivity contribution in [1.82, 2.24) is 14.8 Å². The van der Waals surface area contributed by atoms with Crippen LogP contribution >= 0.6 is 11.3 Å². The Morgan fingerprint density at radius 3 is 3.05 bits per heavy atom. The Kier molecular flexibility index (Phi) is 4.17. The van der Waals surface area contributed by atoms with E-state index >= 15 is 0 Å². The van der Waals surface area contributed by atoms with Gasteiger partial charge in [-0.25, -0.2) is 4.98 Å². The number of hydrogen-bond donors (Lipinski definition) is 1. The van der Waals surface area contributed by atoms with Crippen LogP contribution in [0, 0.1) is 0 Å². The van der Waals surface area contributed by atoms with Crippen molar-refractivity contribution in [1.29, 1.82) is 0 Å². The summed E-state index contributed by atoms with van der Waals surface area (Å²) in [6.07, 6.45) is 4.05. The van der Waals surface area contributed by atoms with Gasteiger partial charge in [-0.2, -0.15) is 0 Å². The van der Waals surface area contributed by atoms with Crippen molar-refractivity contribution < 1.29 is 0 Å². The Bertz CT molecular complexity index is 417. The van der Waals surface area contributed by atoms with Crippen LogP contribution in [0.5, 0.6) is 0 Å². The fourth-order valence-corrected chi connectivity index (χ4v) is 4.03. The minimum atomic E-state index is 0.0632. The third-order valence-electron chi connectivity index (χ3n) is 4.23. The average Bonchev–Trinajstić information content (AvgIpc) is 2.96. The lowest BCUT2D eigenvalue weighted by molar-refractivity contribution is 0.214. The van der Waals surface area contributed by atoms with E-state index in [0.717, 1.165) is 17.6 Å². The summed E-state index contributed by atoms with van der Waals surface area (Å²) in [4.78, 5) is 9.91. The molecule has 0 amide bonds. The minimum absolute atomic E-state index is 0.0632. The molecule has 5 heteroatoms. The highest BCUT2D eigenvalue weighted by molar-refractivity contribution is 7.09. The first kappa shape index (κ1) is 13.5. The molecule has 3 rings (SSSR count). The number of hydrogen-bond acceptors (Lipinski definition) is 5. The lowest BCUT2D eigenvalue weighted by Gasteiger charge is -2.24. The van der Waals surface area contributed by atoms with Gasteiger partial charge in [0.1, 0.15) is 5.01 Å². The van der Waals surface area contributed by atoms with Gasteiger partial charge in [0.2, 0.25) is 0 Å². The number of thiazole rings is 1. The second-order valence-corrected chi connectivity index (χ2v) is 6.78. The summed E-state index contributed by atoms with van der Waals surface area (Å²) in [6, 6.07) is 0.849. The highest BCUT2D eigenvalue weighted by Gasteiger charge is 2.28. The van der Waals surface area contributed by atoms with Gasteiger partial charge in [0.05, 0.1) is 11.7 Å². The lowest BCUT2D eigenvalue weighted by atomic mass is 10.2. The standard InChI is InChI=1S/C14H24N4S/c1-11(15)14-16-12(10-19-14)8-17-5-3-7-18-6-2-4-13(18)9-17/h10-11,13H,2-9,15H2,1H3. The minimum Gasteiger partial charge on any atom is -0.322 e. The summed E-state index contributed by atoms with van der Waals surface area (Å²) in [7, 11) is 0. The average molecular weight is 280 g/mol.